The first kappa shape index (κ1) is 9.03. The highest BCUT2D eigenvalue weighted by Crippen LogP contribution is 2.37. The van der Waals surface area contributed by atoms with Crippen LogP contribution in [-0.4, -0.2) is 18.5 Å². The predicted octanol–water partition coefficient (Wildman–Crippen LogP) is 0.0610. The molecule has 4 nitrogen and oxygen atoms in total. The molecule has 68 valence electrons. The lowest BCUT2D eigenvalue weighted by atomic mass is 10.0. The van der Waals surface area contributed by atoms with Gasteiger partial charge in [-0.1, -0.05) is 0 Å². The number of ether oxygens (including phenoxy) is 1. The number of primary amides is 1. The van der Waals surface area contributed by atoms with Crippen molar-refractivity contribution in [2.45, 2.75) is 19.8 Å². The Kier molecular flexibility index (Phi) is 2.68. The van der Waals surface area contributed by atoms with Gasteiger partial charge in [0.05, 0.1) is 6.61 Å². The van der Waals surface area contributed by atoms with E-state index in [2.05, 4.69) is 0 Å². The number of hydrogen-bond acceptors (Lipinski definition) is 3. The van der Waals surface area contributed by atoms with Gasteiger partial charge in [-0.05, 0) is 25.7 Å². The molecule has 0 aromatic rings. The van der Waals surface area contributed by atoms with Crippen molar-refractivity contribution in [3.8, 4) is 0 Å². The van der Waals surface area contributed by atoms with E-state index in [1.165, 1.54) is 0 Å². The maximum Gasteiger partial charge on any atom is 0.318 e. The summed E-state index contributed by atoms with van der Waals surface area (Å²) >= 11 is 0. The van der Waals surface area contributed by atoms with Gasteiger partial charge in [0, 0.05) is 0 Å². The van der Waals surface area contributed by atoms with Gasteiger partial charge in [0.15, 0.2) is 0 Å². The van der Waals surface area contributed by atoms with Crippen molar-refractivity contribution in [2.24, 2.45) is 17.6 Å². The number of esters is 1. The van der Waals surface area contributed by atoms with Crippen molar-refractivity contribution in [3.63, 3.8) is 0 Å². The molecule has 0 aromatic carbocycles. The molecule has 0 bridgehead atoms. The summed E-state index contributed by atoms with van der Waals surface area (Å²) in [6.07, 6.45) is 1.82. The average Bonchev–Trinajstić information content (AvgIpc) is 2.71. The molecule has 1 amide bonds. The lowest BCUT2D eigenvalue weighted by Gasteiger charge is -2.09. The zero-order valence-corrected chi connectivity index (χ0v) is 7.08. The molecule has 1 aliphatic carbocycles. The fourth-order valence-corrected chi connectivity index (χ4v) is 1.20. The molecule has 2 N–H and O–H groups in total. The van der Waals surface area contributed by atoms with Crippen molar-refractivity contribution >= 4 is 11.9 Å². The summed E-state index contributed by atoms with van der Waals surface area (Å²) in [6, 6.07) is 0. The zero-order valence-electron chi connectivity index (χ0n) is 7.08. The van der Waals surface area contributed by atoms with Crippen LogP contribution in [0.2, 0.25) is 0 Å². The first-order valence-electron chi connectivity index (χ1n) is 4.12. The second-order valence-electron chi connectivity index (χ2n) is 2.97. The van der Waals surface area contributed by atoms with E-state index in [1.807, 2.05) is 0 Å². The quantitative estimate of drug-likeness (QED) is 0.480. The summed E-state index contributed by atoms with van der Waals surface area (Å²) in [5.74, 6) is -1.59. The highest BCUT2D eigenvalue weighted by molar-refractivity contribution is 5.97. The van der Waals surface area contributed by atoms with Gasteiger partial charge in [-0.3, -0.25) is 9.59 Å². The first-order valence-corrected chi connectivity index (χ1v) is 4.12. The predicted molar refractivity (Wildman–Crippen MR) is 42.0 cm³/mol. The van der Waals surface area contributed by atoms with Gasteiger partial charge >= 0.3 is 5.97 Å². The number of nitrogens with two attached hydrogens (primary N) is 1. The maximum atomic E-state index is 11.1. The van der Waals surface area contributed by atoms with Gasteiger partial charge in [0.1, 0.15) is 5.92 Å². The standard InChI is InChI=1S/C8H13NO3/c1-2-12-8(11)6(7(9)10)5-3-4-5/h5-6H,2-4H2,1H3,(H2,9,10). The van der Waals surface area contributed by atoms with Crippen LogP contribution in [0.25, 0.3) is 0 Å². The molecular weight excluding hydrogens is 158 g/mol. The number of amides is 1. The maximum absolute atomic E-state index is 11.1. The SMILES string of the molecule is CCOC(=O)C(C(N)=O)C1CC1. The molecule has 0 radical (unpaired) electrons. The highest BCUT2D eigenvalue weighted by Gasteiger charge is 2.40. The van der Waals surface area contributed by atoms with Crippen LogP contribution in [0.1, 0.15) is 19.8 Å². The van der Waals surface area contributed by atoms with E-state index >= 15 is 0 Å². The van der Waals surface area contributed by atoms with Gasteiger partial charge in [0.25, 0.3) is 0 Å². The number of carbonyl (C=O) groups excluding carboxylic acids is 2. The Labute approximate surface area is 71.1 Å². The van der Waals surface area contributed by atoms with Gasteiger partial charge in [-0.2, -0.15) is 0 Å². The van der Waals surface area contributed by atoms with Gasteiger partial charge < -0.3 is 10.5 Å². The molecule has 0 aromatic heterocycles. The van der Waals surface area contributed by atoms with Crippen LogP contribution in [-0.2, 0) is 14.3 Å². The summed E-state index contributed by atoms with van der Waals surface area (Å²) in [5, 5.41) is 0. The van der Waals surface area contributed by atoms with Crippen LogP contribution < -0.4 is 5.73 Å². The molecule has 4 heteroatoms. The van der Waals surface area contributed by atoms with Crippen LogP contribution >= 0.6 is 0 Å². The molecule has 1 unspecified atom stereocenters. The van der Waals surface area contributed by atoms with Crippen molar-refractivity contribution in [1.82, 2.24) is 0 Å². The second-order valence-corrected chi connectivity index (χ2v) is 2.97. The highest BCUT2D eigenvalue weighted by atomic mass is 16.5. The third-order valence-corrected chi connectivity index (χ3v) is 1.94. The number of carbonyl (C=O) groups is 2. The molecule has 0 heterocycles. The van der Waals surface area contributed by atoms with E-state index < -0.39 is 17.8 Å². The summed E-state index contributed by atoms with van der Waals surface area (Å²) in [7, 11) is 0. The Balaban J connectivity index is 2.52. The minimum absolute atomic E-state index is 0.140. The topological polar surface area (TPSA) is 69.4 Å². The molecule has 1 aliphatic rings. The molecular formula is C8H13NO3. The van der Waals surface area contributed by atoms with Gasteiger partial charge in [-0.25, -0.2) is 0 Å². The lowest BCUT2D eigenvalue weighted by Crippen LogP contribution is -2.33. The van der Waals surface area contributed by atoms with E-state index in [4.69, 9.17) is 10.5 Å². The minimum Gasteiger partial charge on any atom is -0.465 e. The molecule has 0 spiro atoms. The molecule has 1 fully saturated rings. The van der Waals surface area contributed by atoms with Crippen LogP contribution in [0.4, 0.5) is 0 Å². The minimum atomic E-state index is -0.704. The van der Waals surface area contributed by atoms with Crippen LogP contribution in [0, 0.1) is 11.8 Å². The van der Waals surface area contributed by atoms with Crippen LogP contribution in [0.3, 0.4) is 0 Å². The summed E-state index contributed by atoms with van der Waals surface area (Å²) in [6.45, 7) is 2.01. The fraction of sp³-hybridized carbons (Fsp3) is 0.750. The Hall–Kier alpha value is -1.06. The number of hydrogen-bond donors (Lipinski definition) is 1. The van der Waals surface area contributed by atoms with Gasteiger partial charge in [0.2, 0.25) is 5.91 Å². The van der Waals surface area contributed by atoms with E-state index in [1.54, 1.807) is 6.92 Å². The summed E-state index contributed by atoms with van der Waals surface area (Å²) in [4.78, 5) is 22.0. The molecule has 1 rings (SSSR count). The normalized spacial score (nSPS) is 18.4. The molecule has 12 heavy (non-hydrogen) atoms. The Morgan fingerprint density at radius 3 is 2.50 bits per heavy atom. The smallest absolute Gasteiger partial charge is 0.318 e. The Bertz CT molecular complexity index is 198. The second kappa shape index (κ2) is 3.56. The molecule has 0 aliphatic heterocycles. The van der Waals surface area contributed by atoms with Gasteiger partial charge in [-0.15, -0.1) is 0 Å². The molecule has 1 atom stereocenters. The zero-order chi connectivity index (χ0) is 9.14. The first-order chi connectivity index (χ1) is 5.66. The Morgan fingerprint density at radius 1 is 1.58 bits per heavy atom. The van der Waals surface area contributed by atoms with Crippen molar-refractivity contribution in [2.75, 3.05) is 6.61 Å². The van der Waals surface area contributed by atoms with E-state index in [9.17, 15) is 9.59 Å². The number of rotatable bonds is 4. The lowest BCUT2D eigenvalue weighted by molar-refractivity contribution is -0.152. The third-order valence-electron chi connectivity index (χ3n) is 1.94. The fourth-order valence-electron chi connectivity index (χ4n) is 1.20. The summed E-state index contributed by atoms with van der Waals surface area (Å²) in [5.41, 5.74) is 5.07. The van der Waals surface area contributed by atoms with E-state index in [-0.39, 0.29) is 5.92 Å². The van der Waals surface area contributed by atoms with Crippen molar-refractivity contribution < 1.29 is 14.3 Å². The van der Waals surface area contributed by atoms with Crippen molar-refractivity contribution in [1.29, 1.82) is 0 Å². The largest absolute Gasteiger partial charge is 0.465 e. The van der Waals surface area contributed by atoms with E-state index in [0.717, 1.165) is 12.8 Å². The summed E-state index contributed by atoms with van der Waals surface area (Å²) < 4.78 is 4.73. The molecule has 1 saturated carbocycles. The third kappa shape index (κ3) is 1.96. The average molecular weight is 171 g/mol. The Morgan fingerprint density at radius 2 is 2.17 bits per heavy atom. The molecule has 0 saturated heterocycles. The van der Waals surface area contributed by atoms with E-state index in [0.29, 0.717) is 6.61 Å². The van der Waals surface area contributed by atoms with Crippen LogP contribution in [0.5, 0.6) is 0 Å². The van der Waals surface area contributed by atoms with Crippen molar-refractivity contribution in [3.05, 3.63) is 0 Å². The monoisotopic (exact) mass is 171 g/mol. The van der Waals surface area contributed by atoms with Crippen LogP contribution in [0.15, 0.2) is 0 Å².